The minimum atomic E-state index is 0.315. The molecule has 1 aromatic heterocycles. The molecule has 0 spiro atoms. The first kappa shape index (κ1) is 12.0. The fraction of sp³-hybridized carbons (Fsp3) is 0.0556. The van der Waals surface area contributed by atoms with Crippen LogP contribution in [0.1, 0.15) is 11.3 Å². The quantitative estimate of drug-likeness (QED) is 0.767. The van der Waals surface area contributed by atoms with E-state index in [1.165, 1.54) is 0 Å². The molecule has 1 aliphatic heterocycles. The Hall–Kier alpha value is -2.81. The summed E-state index contributed by atoms with van der Waals surface area (Å²) in [7, 11) is 0. The Morgan fingerprint density at radius 3 is 2.76 bits per heavy atom. The van der Waals surface area contributed by atoms with E-state index >= 15 is 0 Å². The van der Waals surface area contributed by atoms with E-state index in [1.807, 2.05) is 54.6 Å². The number of aliphatic imine (C=N–C) groups is 1. The Morgan fingerprint density at radius 2 is 1.90 bits per heavy atom. The maximum atomic E-state index is 10.5. The van der Waals surface area contributed by atoms with Crippen molar-refractivity contribution in [2.24, 2.45) is 4.99 Å². The molecule has 0 fully saturated rings. The number of hydrogen-bond donors (Lipinski definition) is 1. The van der Waals surface area contributed by atoms with Crippen molar-refractivity contribution < 1.29 is 9.52 Å². The zero-order valence-corrected chi connectivity index (χ0v) is 11.3. The third-order valence-electron chi connectivity index (χ3n) is 3.75. The van der Waals surface area contributed by atoms with E-state index in [1.54, 1.807) is 6.26 Å². The van der Waals surface area contributed by atoms with E-state index in [9.17, 15) is 5.11 Å². The van der Waals surface area contributed by atoms with Crippen molar-refractivity contribution in [3.8, 4) is 5.75 Å². The zero-order chi connectivity index (χ0) is 14.2. The summed E-state index contributed by atoms with van der Waals surface area (Å²) in [6.45, 7) is 0.557. The summed E-state index contributed by atoms with van der Waals surface area (Å²) < 4.78 is 5.36. The predicted molar refractivity (Wildman–Crippen MR) is 83.7 cm³/mol. The zero-order valence-electron chi connectivity index (χ0n) is 11.3. The number of phenols is 1. The van der Waals surface area contributed by atoms with Gasteiger partial charge in [0.25, 0.3) is 0 Å². The summed E-state index contributed by atoms with van der Waals surface area (Å²) in [6.07, 6.45) is 3.61. The van der Waals surface area contributed by atoms with Crippen molar-refractivity contribution in [3.05, 3.63) is 72.2 Å². The fourth-order valence-electron chi connectivity index (χ4n) is 2.68. The maximum Gasteiger partial charge on any atom is 0.151 e. The number of hydrogen-bond acceptors (Lipinski definition) is 3. The highest BCUT2D eigenvalue weighted by molar-refractivity contribution is 6.14. The Kier molecular flexibility index (Phi) is 2.64. The average molecular weight is 275 g/mol. The third kappa shape index (κ3) is 1.94. The van der Waals surface area contributed by atoms with Gasteiger partial charge in [0, 0.05) is 10.9 Å². The number of allylic oxidation sites excluding steroid dienone is 1. The van der Waals surface area contributed by atoms with Gasteiger partial charge in [0.05, 0.1) is 12.8 Å². The molecule has 0 unspecified atom stereocenters. The third-order valence-corrected chi connectivity index (χ3v) is 3.75. The van der Waals surface area contributed by atoms with E-state index in [-0.39, 0.29) is 0 Å². The van der Waals surface area contributed by atoms with Crippen molar-refractivity contribution in [1.82, 2.24) is 0 Å². The van der Waals surface area contributed by atoms with Crippen LogP contribution in [0.2, 0.25) is 0 Å². The topological polar surface area (TPSA) is 45.7 Å². The second-order valence-electron chi connectivity index (χ2n) is 5.03. The summed E-state index contributed by atoms with van der Waals surface area (Å²) in [6, 6.07) is 15.5. The van der Waals surface area contributed by atoms with Gasteiger partial charge in [0.1, 0.15) is 11.5 Å². The van der Waals surface area contributed by atoms with Crippen LogP contribution in [-0.2, 0) is 0 Å². The first-order valence-electron chi connectivity index (χ1n) is 6.83. The smallest absolute Gasteiger partial charge is 0.151 e. The van der Waals surface area contributed by atoms with Gasteiger partial charge >= 0.3 is 0 Å². The van der Waals surface area contributed by atoms with Crippen LogP contribution in [0.25, 0.3) is 16.3 Å². The second-order valence-corrected chi connectivity index (χ2v) is 5.03. The van der Waals surface area contributed by atoms with Gasteiger partial charge in [0.2, 0.25) is 0 Å². The molecule has 0 atom stereocenters. The van der Waals surface area contributed by atoms with Crippen LogP contribution in [0.4, 0.5) is 0 Å². The first-order chi connectivity index (χ1) is 10.3. The van der Waals surface area contributed by atoms with Gasteiger partial charge in [-0.2, -0.15) is 0 Å². The lowest BCUT2D eigenvalue weighted by Crippen LogP contribution is -1.90. The summed E-state index contributed by atoms with van der Waals surface area (Å²) in [5, 5.41) is 12.4. The van der Waals surface area contributed by atoms with Gasteiger partial charge in [-0.15, -0.1) is 0 Å². The van der Waals surface area contributed by atoms with Gasteiger partial charge in [-0.25, -0.2) is 0 Å². The number of rotatable bonds is 2. The van der Waals surface area contributed by atoms with Crippen molar-refractivity contribution in [2.45, 2.75) is 0 Å². The lowest BCUT2D eigenvalue weighted by Gasteiger charge is -2.08. The molecule has 4 rings (SSSR count). The molecule has 1 aliphatic rings. The summed E-state index contributed by atoms with van der Waals surface area (Å²) in [5.74, 6) is 1.07. The van der Waals surface area contributed by atoms with Crippen LogP contribution in [0.15, 0.2) is 70.3 Å². The highest BCUT2D eigenvalue weighted by Gasteiger charge is 2.17. The minimum Gasteiger partial charge on any atom is -0.507 e. The first-order valence-corrected chi connectivity index (χ1v) is 6.83. The van der Waals surface area contributed by atoms with Crippen LogP contribution in [0.3, 0.4) is 0 Å². The molecule has 1 N–H and O–H groups in total. The fourth-order valence-corrected chi connectivity index (χ4v) is 2.68. The molecule has 0 radical (unpaired) electrons. The molecule has 3 aromatic rings. The maximum absolute atomic E-state index is 10.5. The van der Waals surface area contributed by atoms with Crippen LogP contribution >= 0.6 is 0 Å². The molecular formula is C18H13NO2. The number of phenolic OH excluding ortho intramolecular Hbond substituents is 1. The highest BCUT2D eigenvalue weighted by atomic mass is 16.3. The van der Waals surface area contributed by atoms with Crippen LogP contribution < -0.4 is 0 Å². The Labute approximate surface area is 121 Å². The second kappa shape index (κ2) is 4.63. The lowest BCUT2D eigenvalue weighted by molar-refractivity contribution is 0.480. The highest BCUT2D eigenvalue weighted by Crippen LogP contribution is 2.34. The summed E-state index contributed by atoms with van der Waals surface area (Å²) in [4.78, 5) is 4.48. The van der Waals surface area contributed by atoms with Crippen molar-refractivity contribution in [3.63, 3.8) is 0 Å². The van der Waals surface area contributed by atoms with Crippen molar-refractivity contribution >= 4 is 22.1 Å². The monoisotopic (exact) mass is 275 g/mol. The van der Waals surface area contributed by atoms with Crippen LogP contribution in [0.5, 0.6) is 5.75 Å². The van der Waals surface area contributed by atoms with E-state index in [4.69, 9.17) is 4.42 Å². The Morgan fingerprint density at radius 1 is 1.00 bits per heavy atom. The lowest BCUT2D eigenvalue weighted by atomic mass is 9.99. The molecule has 0 amide bonds. The number of fused-ring (bicyclic) bond motifs is 1. The molecule has 21 heavy (non-hydrogen) atoms. The van der Waals surface area contributed by atoms with E-state index in [0.29, 0.717) is 12.3 Å². The molecular weight excluding hydrogens is 262 g/mol. The molecule has 102 valence electrons. The van der Waals surface area contributed by atoms with Crippen molar-refractivity contribution in [1.29, 1.82) is 0 Å². The number of benzene rings is 2. The van der Waals surface area contributed by atoms with E-state index in [2.05, 4.69) is 4.99 Å². The number of nitrogens with zero attached hydrogens (tertiary/aromatic N) is 1. The standard InChI is InChI=1S/C18H13NO2/c20-18-14-5-2-1-4-12(14)7-8-15(18)13-10-16(19-11-13)17-6-3-9-21-17/h1-10,20H,11H2. The Bertz CT molecular complexity index is 873. The van der Waals surface area contributed by atoms with E-state index in [0.717, 1.165) is 33.4 Å². The molecule has 3 heteroatoms. The molecule has 3 nitrogen and oxygen atoms in total. The van der Waals surface area contributed by atoms with Crippen LogP contribution in [0, 0.1) is 0 Å². The molecule has 0 saturated heterocycles. The molecule has 0 saturated carbocycles. The largest absolute Gasteiger partial charge is 0.507 e. The molecule has 2 heterocycles. The SMILES string of the molecule is Oc1c(C2=CC(c3ccco3)=NC2)ccc2ccccc12. The molecule has 0 bridgehead atoms. The summed E-state index contributed by atoms with van der Waals surface area (Å²) in [5.41, 5.74) is 2.66. The van der Waals surface area contributed by atoms with Gasteiger partial charge < -0.3 is 9.52 Å². The van der Waals surface area contributed by atoms with Gasteiger partial charge in [-0.05, 0) is 29.2 Å². The molecule has 0 aliphatic carbocycles. The van der Waals surface area contributed by atoms with Gasteiger partial charge in [-0.3, -0.25) is 4.99 Å². The number of aromatic hydroxyl groups is 1. The summed E-state index contributed by atoms with van der Waals surface area (Å²) >= 11 is 0. The van der Waals surface area contributed by atoms with Gasteiger partial charge in [0.15, 0.2) is 5.76 Å². The molecule has 2 aromatic carbocycles. The van der Waals surface area contributed by atoms with Crippen molar-refractivity contribution in [2.75, 3.05) is 6.54 Å². The number of furan rings is 1. The normalized spacial score (nSPS) is 14.3. The predicted octanol–water partition coefficient (Wildman–Crippen LogP) is 4.02. The van der Waals surface area contributed by atoms with Crippen LogP contribution in [-0.4, -0.2) is 17.4 Å². The van der Waals surface area contributed by atoms with E-state index < -0.39 is 0 Å². The van der Waals surface area contributed by atoms with Gasteiger partial charge in [-0.1, -0.05) is 36.4 Å². The average Bonchev–Trinajstić information content (AvgIpc) is 3.19. The minimum absolute atomic E-state index is 0.315. The Balaban J connectivity index is 1.79.